The Hall–Kier alpha value is -3.41. The first-order valence-corrected chi connectivity index (χ1v) is 9.81. The fourth-order valence-electron chi connectivity index (χ4n) is 3.19. The highest BCUT2D eigenvalue weighted by atomic mass is 16.2. The van der Waals surface area contributed by atoms with Crippen LogP contribution in [-0.4, -0.2) is 36.0 Å². The van der Waals surface area contributed by atoms with E-state index < -0.39 is 0 Å². The van der Waals surface area contributed by atoms with Crippen LogP contribution >= 0.6 is 0 Å². The number of aromatic nitrogens is 2. The summed E-state index contributed by atoms with van der Waals surface area (Å²) in [6.07, 6.45) is 1.41. The van der Waals surface area contributed by atoms with Crippen LogP contribution in [0.4, 0.5) is 22.9 Å². The van der Waals surface area contributed by atoms with Crippen LogP contribution in [0, 0.1) is 6.92 Å². The second-order valence-corrected chi connectivity index (χ2v) is 6.78. The van der Waals surface area contributed by atoms with E-state index in [1.807, 2.05) is 36.4 Å². The third-order valence-corrected chi connectivity index (χ3v) is 4.94. The Kier molecular flexibility index (Phi) is 6.44. The second-order valence-electron chi connectivity index (χ2n) is 6.78. The zero-order chi connectivity index (χ0) is 20.8. The van der Waals surface area contributed by atoms with Crippen LogP contribution in [-0.2, 0) is 0 Å². The number of hydrogen-bond donors (Lipinski definition) is 1. The van der Waals surface area contributed by atoms with Crippen LogP contribution in [0.25, 0.3) is 0 Å². The van der Waals surface area contributed by atoms with E-state index in [0.717, 1.165) is 30.0 Å². The average molecular weight is 390 g/mol. The summed E-state index contributed by atoms with van der Waals surface area (Å²) in [5.41, 5.74) is 4.41. The number of nitrogens with one attached hydrogen (secondary N) is 1. The van der Waals surface area contributed by atoms with Gasteiger partial charge in [0.05, 0.1) is 0 Å². The maximum absolute atomic E-state index is 12.8. The van der Waals surface area contributed by atoms with Crippen LogP contribution in [0.2, 0.25) is 0 Å². The summed E-state index contributed by atoms with van der Waals surface area (Å²) in [6, 6.07) is 17.5. The predicted octanol–water partition coefficient (Wildman–Crippen LogP) is 4.65. The number of nitrogens with zero attached hydrogens (tertiary/aromatic N) is 4. The molecule has 0 fully saturated rings. The molecule has 6 nitrogen and oxygen atoms in total. The summed E-state index contributed by atoms with van der Waals surface area (Å²) in [4.78, 5) is 25.1. The quantitative estimate of drug-likeness (QED) is 0.637. The van der Waals surface area contributed by atoms with Gasteiger partial charge in [0.25, 0.3) is 5.91 Å². The molecule has 0 unspecified atom stereocenters. The molecule has 6 heteroatoms. The first-order chi connectivity index (χ1) is 14.0. The highest BCUT2D eigenvalue weighted by molar-refractivity contribution is 6.04. The zero-order valence-corrected chi connectivity index (χ0v) is 17.4. The molecule has 1 heterocycles. The van der Waals surface area contributed by atoms with Gasteiger partial charge in [-0.3, -0.25) is 4.79 Å². The molecule has 0 spiro atoms. The number of carbonyl (C=O) groups is 1. The molecule has 1 aromatic heterocycles. The van der Waals surface area contributed by atoms with Crippen LogP contribution < -0.4 is 15.1 Å². The summed E-state index contributed by atoms with van der Waals surface area (Å²) < 4.78 is 0. The summed E-state index contributed by atoms with van der Waals surface area (Å²) in [5, 5.41) is 3.31. The third kappa shape index (κ3) is 4.71. The number of hydrogen-bond acceptors (Lipinski definition) is 5. The third-order valence-electron chi connectivity index (χ3n) is 4.94. The molecule has 3 aromatic rings. The number of benzene rings is 2. The molecule has 2 aromatic carbocycles. The maximum atomic E-state index is 12.8. The predicted molar refractivity (Wildman–Crippen MR) is 119 cm³/mol. The van der Waals surface area contributed by atoms with E-state index in [4.69, 9.17) is 0 Å². The van der Waals surface area contributed by atoms with E-state index in [2.05, 4.69) is 53.1 Å². The Labute approximate surface area is 172 Å². The van der Waals surface area contributed by atoms with Gasteiger partial charge in [-0.25, -0.2) is 9.97 Å². The largest absolute Gasteiger partial charge is 0.372 e. The van der Waals surface area contributed by atoms with Crippen molar-refractivity contribution in [2.75, 3.05) is 35.3 Å². The molecule has 0 saturated heterocycles. The summed E-state index contributed by atoms with van der Waals surface area (Å²) in [5.74, 6) is 0.402. The lowest BCUT2D eigenvalue weighted by atomic mass is 10.1. The lowest BCUT2D eigenvalue weighted by molar-refractivity contribution is 0.0988. The minimum atomic E-state index is -0.185. The van der Waals surface area contributed by atoms with E-state index in [9.17, 15) is 4.79 Å². The highest BCUT2D eigenvalue weighted by Crippen LogP contribution is 2.25. The molecule has 0 aliphatic rings. The molecule has 150 valence electrons. The van der Waals surface area contributed by atoms with Crippen molar-refractivity contribution in [1.29, 1.82) is 0 Å². The van der Waals surface area contributed by atoms with E-state index >= 15 is 0 Å². The molecule has 0 atom stereocenters. The first kappa shape index (κ1) is 20.3. The van der Waals surface area contributed by atoms with Gasteiger partial charge in [-0.15, -0.1) is 0 Å². The Morgan fingerprint density at radius 2 is 1.69 bits per heavy atom. The number of amides is 1. The van der Waals surface area contributed by atoms with Gasteiger partial charge in [0, 0.05) is 43.3 Å². The SMILES string of the molecule is CCN(CC)c1ccc(Nc2cc(C(=O)N(C)c3ccccc3)ncn2)c(C)c1. The van der Waals surface area contributed by atoms with Gasteiger partial charge >= 0.3 is 0 Å². The van der Waals surface area contributed by atoms with Gasteiger partial charge in [-0.1, -0.05) is 18.2 Å². The normalized spacial score (nSPS) is 10.5. The van der Waals surface area contributed by atoms with Crippen molar-refractivity contribution in [3.8, 4) is 0 Å². The van der Waals surface area contributed by atoms with E-state index in [1.54, 1.807) is 18.0 Å². The molecule has 29 heavy (non-hydrogen) atoms. The summed E-state index contributed by atoms with van der Waals surface area (Å²) in [7, 11) is 1.74. The standard InChI is InChI=1S/C23H27N5O/c1-5-28(6-2)19-12-13-20(17(3)14-19)26-22-15-21(24-16-25-22)23(29)27(4)18-10-8-7-9-11-18/h7-16H,5-6H2,1-4H3,(H,24,25,26). The summed E-state index contributed by atoms with van der Waals surface area (Å²) in [6.45, 7) is 8.30. The maximum Gasteiger partial charge on any atom is 0.276 e. The summed E-state index contributed by atoms with van der Waals surface area (Å²) >= 11 is 0. The van der Waals surface area contributed by atoms with Crippen molar-refractivity contribution in [2.45, 2.75) is 20.8 Å². The average Bonchev–Trinajstić information content (AvgIpc) is 2.76. The van der Waals surface area contributed by atoms with Crippen LogP contribution in [0.15, 0.2) is 60.9 Å². The topological polar surface area (TPSA) is 61.4 Å². The Morgan fingerprint density at radius 3 is 2.34 bits per heavy atom. The molecular weight excluding hydrogens is 362 g/mol. The first-order valence-electron chi connectivity index (χ1n) is 9.81. The molecule has 0 aliphatic carbocycles. The molecule has 0 saturated carbocycles. The van der Waals surface area contributed by atoms with Gasteiger partial charge in [0.1, 0.15) is 17.8 Å². The Morgan fingerprint density at radius 1 is 0.966 bits per heavy atom. The molecule has 0 bridgehead atoms. The second kappa shape index (κ2) is 9.19. The molecule has 0 aliphatic heterocycles. The van der Waals surface area contributed by atoms with Crippen LogP contribution in [0.3, 0.4) is 0 Å². The molecule has 1 N–H and O–H groups in total. The molecule has 0 radical (unpaired) electrons. The fraction of sp³-hybridized carbons (Fsp3) is 0.261. The number of para-hydroxylation sites is 1. The van der Waals surface area contributed by atoms with E-state index in [0.29, 0.717) is 11.5 Å². The van der Waals surface area contributed by atoms with Crippen molar-refractivity contribution in [1.82, 2.24) is 9.97 Å². The number of carbonyl (C=O) groups excluding carboxylic acids is 1. The molecule has 1 amide bonds. The monoisotopic (exact) mass is 389 g/mol. The van der Waals surface area contributed by atoms with Crippen molar-refractivity contribution < 1.29 is 4.79 Å². The van der Waals surface area contributed by atoms with Crippen molar-refractivity contribution in [2.24, 2.45) is 0 Å². The fourth-order valence-corrected chi connectivity index (χ4v) is 3.19. The number of rotatable bonds is 7. The van der Waals surface area contributed by atoms with Gasteiger partial charge in [-0.2, -0.15) is 0 Å². The van der Waals surface area contributed by atoms with Crippen LogP contribution in [0.1, 0.15) is 29.9 Å². The Balaban J connectivity index is 1.79. The highest BCUT2D eigenvalue weighted by Gasteiger charge is 2.16. The van der Waals surface area contributed by atoms with Crippen molar-refractivity contribution in [3.05, 3.63) is 72.2 Å². The number of anilines is 4. The van der Waals surface area contributed by atoms with Crippen LogP contribution in [0.5, 0.6) is 0 Å². The lowest BCUT2D eigenvalue weighted by Gasteiger charge is -2.22. The van der Waals surface area contributed by atoms with Gasteiger partial charge in [-0.05, 0) is 56.7 Å². The van der Waals surface area contributed by atoms with E-state index in [1.165, 1.54) is 12.0 Å². The minimum absolute atomic E-state index is 0.185. The Bertz CT molecular complexity index is 970. The molecule has 3 rings (SSSR count). The molecular formula is C23H27N5O. The van der Waals surface area contributed by atoms with Gasteiger partial charge < -0.3 is 15.1 Å². The van der Waals surface area contributed by atoms with Gasteiger partial charge in [0.2, 0.25) is 0 Å². The van der Waals surface area contributed by atoms with Crippen molar-refractivity contribution in [3.63, 3.8) is 0 Å². The lowest BCUT2D eigenvalue weighted by Crippen LogP contribution is -2.27. The smallest absolute Gasteiger partial charge is 0.276 e. The van der Waals surface area contributed by atoms with E-state index in [-0.39, 0.29) is 5.91 Å². The van der Waals surface area contributed by atoms with Crippen molar-refractivity contribution >= 4 is 28.8 Å². The zero-order valence-electron chi connectivity index (χ0n) is 17.4. The minimum Gasteiger partial charge on any atom is -0.372 e. The van der Waals surface area contributed by atoms with Gasteiger partial charge in [0.15, 0.2) is 0 Å². The number of aryl methyl sites for hydroxylation is 1.